The number of carbonyl (C=O) groups is 1. The van der Waals surface area contributed by atoms with Gasteiger partial charge >= 0.3 is 6.18 Å². The van der Waals surface area contributed by atoms with Crippen molar-refractivity contribution in [2.24, 2.45) is 11.7 Å². The number of fused-ring (bicyclic) bond motifs is 1. The number of alkyl halides is 3. The average molecular weight is 623 g/mol. The normalized spacial score (nSPS) is 16.0. The molecule has 224 valence electrons. The van der Waals surface area contributed by atoms with E-state index in [-0.39, 0.29) is 22.1 Å². The van der Waals surface area contributed by atoms with E-state index in [0.717, 1.165) is 17.4 Å². The number of sulfonamides is 1. The number of nitrogens with zero attached hydrogens (tertiary/aromatic N) is 3. The minimum atomic E-state index is -4.57. The zero-order valence-electron chi connectivity index (χ0n) is 22.8. The monoisotopic (exact) mass is 622 g/mol. The molecule has 42 heavy (non-hydrogen) atoms. The highest BCUT2D eigenvalue weighted by atomic mass is 32.2. The summed E-state index contributed by atoms with van der Waals surface area (Å²) in [6.07, 6.45) is -1.40. The summed E-state index contributed by atoms with van der Waals surface area (Å²) in [7, 11) is -3.20. The molecule has 0 radical (unpaired) electrons. The molecule has 2 aromatic carbocycles. The number of amides is 1. The zero-order valence-corrected chi connectivity index (χ0v) is 24.4. The highest BCUT2D eigenvalue weighted by Crippen LogP contribution is 2.39. The second-order valence-corrected chi connectivity index (χ2v) is 13.2. The molecule has 1 fully saturated rings. The number of benzene rings is 2. The Bertz CT molecular complexity index is 1710. The summed E-state index contributed by atoms with van der Waals surface area (Å²) in [4.78, 5) is 16.8. The van der Waals surface area contributed by atoms with Crippen LogP contribution >= 0.6 is 11.3 Å². The summed E-state index contributed by atoms with van der Waals surface area (Å²) in [6.45, 7) is 2.83. The van der Waals surface area contributed by atoms with Gasteiger partial charge in [0.2, 0.25) is 10.0 Å². The van der Waals surface area contributed by atoms with Crippen molar-refractivity contribution >= 4 is 38.3 Å². The third kappa shape index (κ3) is 6.40. The molecule has 1 amide bonds. The van der Waals surface area contributed by atoms with Gasteiger partial charge in [-0.05, 0) is 43.9 Å². The van der Waals surface area contributed by atoms with Crippen LogP contribution in [0.1, 0.15) is 46.7 Å². The fraction of sp³-hybridized carbons (Fsp3) is 0.357. The van der Waals surface area contributed by atoms with Gasteiger partial charge in [0.05, 0.1) is 29.5 Å². The van der Waals surface area contributed by atoms with E-state index in [1.165, 1.54) is 35.7 Å². The summed E-state index contributed by atoms with van der Waals surface area (Å²) >= 11 is 1.04. The van der Waals surface area contributed by atoms with Crippen LogP contribution in [0.25, 0.3) is 16.0 Å². The second kappa shape index (κ2) is 11.6. The molecule has 0 unspecified atom stereocenters. The van der Waals surface area contributed by atoms with Crippen LogP contribution in [0.3, 0.4) is 0 Å². The van der Waals surface area contributed by atoms with E-state index in [1.54, 1.807) is 35.2 Å². The largest absolute Gasteiger partial charge is 0.493 e. The minimum Gasteiger partial charge on any atom is -0.493 e. The van der Waals surface area contributed by atoms with Crippen molar-refractivity contribution in [3.05, 3.63) is 70.9 Å². The number of imidazole rings is 1. The quantitative estimate of drug-likeness (QED) is 0.267. The zero-order chi connectivity index (χ0) is 30.2. The Morgan fingerprint density at radius 2 is 1.88 bits per heavy atom. The molecule has 1 saturated heterocycles. The van der Waals surface area contributed by atoms with Gasteiger partial charge in [-0.25, -0.2) is 17.7 Å². The molecular weight excluding hydrogens is 593 g/mol. The lowest BCUT2D eigenvalue weighted by Crippen LogP contribution is -2.39. The molecule has 1 aliphatic heterocycles. The number of hydrogen-bond acceptors (Lipinski definition) is 7. The Morgan fingerprint density at radius 3 is 2.55 bits per heavy atom. The van der Waals surface area contributed by atoms with Gasteiger partial charge in [0.1, 0.15) is 33.8 Å². The molecule has 0 saturated carbocycles. The van der Waals surface area contributed by atoms with Crippen molar-refractivity contribution in [1.82, 2.24) is 13.9 Å². The van der Waals surface area contributed by atoms with E-state index >= 15 is 0 Å². The van der Waals surface area contributed by atoms with Gasteiger partial charge in [-0.15, -0.1) is 11.3 Å². The fourth-order valence-corrected chi connectivity index (χ4v) is 6.78. The SMILES string of the molecule is C[C@@H](Oc1cc(-n2cnc3ccc(OCC4CCN(S(C)(=O)=O)CC4)cc32)sc1C(N)=O)c1ccccc1C(F)(F)F. The summed E-state index contributed by atoms with van der Waals surface area (Å²) in [5, 5.41) is 0.530. The summed E-state index contributed by atoms with van der Waals surface area (Å²) in [5.74, 6) is 0.105. The van der Waals surface area contributed by atoms with Crippen LogP contribution in [0, 0.1) is 5.92 Å². The smallest absolute Gasteiger partial charge is 0.416 e. The molecule has 2 N–H and O–H groups in total. The first-order chi connectivity index (χ1) is 19.8. The van der Waals surface area contributed by atoms with Gasteiger partial charge in [0.25, 0.3) is 5.91 Å². The number of nitrogens with two attached hydrogens (primary N) is 1. The number of ether oxygens (including phenoxy) is 2. The molecule has 9 nitrogen and oxygen atoms in total. The second-order valence-electron chi connectivity index (χ2n) is 10.2. The van der Waals surface area contributed by atoms with Crippen molar-refractivity contribution in [3.8, 4) is 16.5 Å². The Hall–Kier alpha value is -3.62. The standard InChI is InChI=1S/C28H29F3N4O5S2/c1-17(20-5-3-4-6-21(20)28(29,30)31)40-24-14-25(41-26(24)27(32)36)35-16-33-22-8-7-19(13-23(22)35)39-15-18-9-11-34(12-10-18)42(2,37)38/h3-8,13-14,16-18H,9-12,15H2,1-2H3,(H2,32,36)/t17-/m1/s1. The maximum Gasteiger partial charge on any atom is 0.416 e. The molecule has 1 aliphatic rings. The van der Waals surface area contributed by atoms with E-state index in [4.69, 9.17) is 15.2 Å². The van der Waals surface area contributed by atoms with Crippen molar-refractivity contribution in [1.29, 1.82) is 0 Å². The predicted octanol–water partition coefficient (Wildman–Crippen LogP) is 5.40. The first-order valence-corrected chi connectivity index (χ1v) is 15.8. The molecule has 0 bridgehead atoms. The number of carbonyl (C=O) groups excluding carboxylic acids is 1. The fourth-order valence-electron chi connectivity index (χ4n) is 4.98. The number of halogens is 3. The molecule has 1 atom stereocenters. The number of piperidine rings is 1. The van der Waals surface area contributed by atoms with Gasteiger partial charge in [-0.3, -0.25) is 9.36 Å². The van der Waals surface area contributed by atoms with Crippen LogP contribution in [0.2, 0.25) is 0 Å². The van der Waals surface area contributed by atoms with Crippen LogP contribution in [0.15, 0.2) is 54.9 Å². The third-order valence-corrected chi connectivity index (χ3v) is 9.63. The number of hydrogen-bond donors (Lipinski definition) is 1. The Labute approximate surface area is 244 Å². The number of thiophene rings is 1. The van der Waals surface area contributed by atoms with Crippen LogP contribution in [0.4, 0.5) is 13.2 Å². The van der Waals surface area contributed by atoms with Gasteiger partial charge in [0.15, 0.2) is 0 Å². The lowest BCUT2D eigenvalue weighted by Gasteiger charge is -2.30. The van der Waals surface area contributed by atoms with Crippen LogP contribution in [-0.4, -0.2) is 54.1 Å². The van der Waals surface area contributed by atoms with Gasteiger partial charge < -0.3 is 15.2 Å². The maximum atomic E-state index is 13.6. The topological polar surface area (TPSA) is 117 Å². The maximum absolute atomic E-state index is 13.6. The van der Waals surface area contributed by atoms with E-state index in [9.17, 15) is 26.4 Å². The lowest BCUT2D eigenvalue weighted by molar-refractivity contribution is -0.139. The lowest BCUT2D eigenvalue weighted by atomic mass is 9.99. The van der Waals surface area contributed by atoms with Crippen molar-refractivity contribution in [2.75, 3.05) is 26.0 Å². The first kappa shape index (κ1) is 29.9. The summed E-state index contributed by atoms with van der Waals surface area (Å²) in [5.41, 5.74) is 6.06. The van der Waals surface area contributed by atoms with E-state index in [0.29, 0.717) is 54.3 Å². The average Bonchev–Trinajstić information content (AvgIpc) is 3.55. The third-order valence-electron chi connectivity index (χ3n) is 7.20. The Kier molecular flexibility index (Phi) is 8.23. The van der Waals surface area contributed by atoms with Gasteiger partial charge in [-0.2, -0.15) is 13.2 Å². The molecule has 4 aromatic rings. The summed E-state index contributed by atoms with van der Waals surface area (Å²) in [6, 6.07) is 12.1. The van der Waals surface area contributed by atoms with Crippen molar-refractivity contribution in [2.45, 2.75) is 32.0 Å². The Morgan fingerprint density at radius 1 is 1.17 bits per heavy atom. The summed E-state index contributed by atoms with van der Waals surface area (Å²) < 4.78 is 79.4. The van der Waals surface area contributed by atoms with Crippen molar-refractivity contribution in [3.63, 3.8) is 0 Å². The molecule has 2 aromatic heterocycles. The molecule has 0 aliphatic carbocycles. The molecular formula is C28H29F3N4O5S2. The number of rotatable bonds is 9. The molecule has 14 heteroatoms. The number of aromatic nitrogens is 2. The van der Waals surface area contributed by atoms with E-state index in [2.05, 4.69) is 4.98 Å². The van der Waals surface area contributed by atoms with Crippen LogP contribution in [0.5, 0.6) is 11.5 Å². The van der Waals surface area contributed by atoms with Crippen LogP contribution in [-0.2, 0) is 16.2 Å². The van der Waals surface area contributed by atoms with E-state index < -0.39 is 33.8 Å². The highest BCUT2D eigenvalue weighted by molar-refractivity contribution is 7.88. The van der Waals surface area contributed by atoms with Gasteiger partial charge in [-0.1, -0.05) is 18.2 Å². The molecule has 3 heterocycles. The van der Waals surface area contributed by atoms with Crippen LogP contribution < -0.4 is 15.2 Å². The van der Waals surface area contributed by atoms with Gasteiger partial charge in [0, 0.05) is 30.8 Å². The predicted molar refractivity (Wildman–Crippen MR) is 153 cm³/mol. The molecule has 5 rings (SSSR count). The molecule has 0 spiro atoms. The number of primary amides is 1. The van der Waals surface area contributed by atoms with E-state index in [1.807, 2.05) is 0 Å². The first-order valence-electron chi connectivity index (χ1n) is 13.1. The highest BCUT2D eigenvalue weighted by Gasteiger charge is 2.35. The van der Waals surface area contributed by atoms with Crippen molar-refractivity contribution < 1.29 is 35.9 Å². The Balaban J connectivity index is 1.36. The minimum absolute atomic E-state index is 0.0648.